The van der Waals surface area contributed by atoms with Crippen molar-refractivity contribution in [1.82, 2.24) is 21.3 Å². The molecule has 3 rings (SSSR count). The number of benzene rings is 3. The van der Waals surface area contributed by atoms with E-state index in [2.05, 4.69) is 26.6 Å². The fraction of sp³-hybridized carbons (Fsp3) is 0.303. The highest BCUT2D eigenvalue weighted by atomic mass is 19.1. The Kier molecular flexibility index (Phi) is 11.9. The molecule has 0 saturated heterocycles. The summed E-state index contributed by atoms with van der Waals surface area (Å²) in [6, 6.07) is 12.8. The number of hydrogen-bond donors (Lipinski definition) is 6. The second kappa shape index (κ2) is 15.6. The van der Waals surface area contributed by atoms with Crippen molar-refractivity contribution in [1.29, 1.82) is 0 Å². The number of para-hydroxylation sites is 2. The second-order valence-corrected chi connectivity index (χ2v) is 11.9. The zero-order valence-electron chi connectivity index (χ0n) is 26.0. The van der Waals surface area contributed by atoms with Crippen molar-refractivity contribution in [3.05, 3.63) is 95.1 Å². The summed E-state index contributed by atoms with van der Waals surface area (Å²) in [7, 11) is 0. The van der Waals surface area contributed by atoms with Gasteiger partial charge in [-0.3, -0.25) is 24.0 Å². The molecule has 1 unspecified atom stereocenters. The summed E-state index contributed by atoms with van der Waals surface area (Å²) in [5, 5.41) is 12.9. The van der Waals surface area contributed by atoms with E-state index in [1.807, 2.05) is 20.8 Å². The summed E-state index contributed by atoms with van der Waals surface area (Å²) in [6.07, 6.45) is -0.429. The predicted molar refractivity (Wildman–Crippen MR) is 169 cm³/mol. The molecule has 0 aromatic heterocycles. The summed E-state index contributed by atoms with van der Waals surface area (Å²) in [5.74, 6) is -4.75. The van der Waals surface area contributed by atoms with Crippen molar-refractivity contribution < 1.29 is 32.8 Å². The van der Waals surface area contributed by atoms with Crippen LogP contribution in [0, 0.1) is 17.0 Å². The molecule has 0 aliphatic rings. The third-order valence-corrected chi connectivity index (χ3v) is 6.67. The Bertz CT molecular complexity index is 1590. The molecule has 0 aliphatic carbocycles. The molecule has 11 nitrogen and oxygen atoms in total. The van der Waals surface area contributed by atoms with E-state index in [0.29, 0.717) is 24.0 Å². The quantitative estimate of drug-likeness (QED) is 0.167. The number of nitrogens with one attached hydrogen (secondary N) is 5. The van der Waals surface area contributed by atoms with Gasteiger partial charge in [0.2, 0.25) is 17.7 Å². The first-order chi connectivity index (χ1) is 21.6. The number of carbonyl (C=O) groups excluding carboxylic acids is 5. The Morgan fingerprint density at radius 3 is 2.04 bits per heavy atom. The standard InChI is InChI=1S/C33H38F2N6O5/c1-19(29(43)37-17-22-13-14-23(34)15-24(22)35)39-32(46)27(16-28(42)38-18-33(2,3)4)41-31(45)21-11-9-20(10-12-21)30(44)40-26-8-6-5-7-25(26)36/h5-15,19,27H,16-18,36H2,1-4H3,(H,37,43)(H,38,42)(H,39,46)(H,40,44)(H,41,45)/t19-,27?/m0/s1. The van der Waals surface area contributed by atoms with Crippen LogP contribution in [-0.2, 0) is 20.9 Å². The van der Waals surface area contributed by atoms with Gasteiger partial charge in [-0.25, -0.2) is 8.78 Å². The summed E-state index contributed by atoms with van der Waals surface area (Å²) in [4.78, 5) is 64.3. The van der Waals surface area contributed by atoms with Crippen LogP contribution in [0.15, 0.2) is 66.7 Å². The predicted octanol–water partition coefficient (Wildman–Crippen LogP) is 3.27. The Labute approximate surface area is 265 Å². The first-order valence-corrected chi connectivity index (χ1v) is 14.5. The molecule has 0 fully saturated rings. The van der Waals surface area contributed by atoms with Gasteiger partial charge in [0.05, 0.1) is 17.8 Å². The third kappa shape index (κ3) is 10.7. The highest BCUT2D eigenvalue weighted by molar-refractivity contribution is 6.06. The van der Waals surface area contributed by atoms with E-state index in [9.17, 15) is 32.8 Å². The molecule has 0 aliphatic heterocycles. The Morgan fingerprint density at radius 2 is 1.43 bits per heavy atom. The van der Waals surface area contributed by atoms with Crippen molar-refractivity contribution in [2.75, 3.05) is 17.6 Å². The molecule has 13 heteroatoms. The van der Waals surface area contributed by atoms with Crippen LogP contribution in [-0.4, -0.2) is 48.2 Å². The van der Waals surface area contributed by atoms with Crippen molar-refractivity contribution in [2.45, 2.75) is 52.7 Å². The van der Waals surface area contributed by atoms with Gasteiger partial charge in [0, 0.05) is 35.8 Å². The monoisotopic (exact) mass is 636 g/mol. The number of rotatable bonds is 12. The molecule has 0 radical (unpaired) electrons. The number of carbonyl (C=O) groups is 5. The van der Waals surface area contributed by atoms with Gasteiger partial charge in [0.25, 0.3) is 11.8 Å². The Morgan fingerprint density at radius 1 is 0.804 bits per heavy atom. The minimum absolute atomic E-state index is 0.0432. The highest BCUT2D eigenvalue weighted by Gasteiger charge is 2.28. The van der Waals surface area contributed by atoms with Crippen LogP contribution in [0.1, 0.15) is 60.4 Å². The summed E-state index contributed by atoms with van der Waals surface area (Å²) in [6.45, 7) is 7.17. The highest BCUT2D eigenvalue weighted by Crippen LogP contribution is 2.18. The van der Waals surface area contributed by atoms with E-state index >= 15 is 0 Å². The lowest BCUT2D eigenvalue weighted by atomic mass is 9.97. The summed E-state index contributed by atoms with van der Waals surface area (Å²) >= 11 is 0. The van der Waals surface area contributed by atoms with E-state index in [1.54, 1.807) is 24.3 Å². The molecule has 0 bridgehead atoms. The number of nitrogens with two attached hydrogens (primary N) is 1. The SMILES string of the molecule is C[C@H](NC(=O)C(CC(=O)NCC(C)(C)C)NC(=O)c1ccc(C(=O)Nc2ccccc2N)cc1)C(=O)NCc1ccc(F)cc1F. The lowest BCUT2D eigenvalue weighted by molar-refractivity contribution is -0.131. The molecule has 0 spiro atoms. The number of amides is 5. The topological polar surface area (TPSA) is 172 Å². The average molecular weight is 637 g/mol. The van der Waals surface area contributed by atoms with Crippen molar-refractivity contribution in [3.63, 3.8) is 0 Å². The van der Waals surface area contributed by atoms with Crippen LogP contribution in [0.25, 0.3) is 0 Å². The van der Waals surface area contributed by atoms with Gasteiger partial charge in [-0.2, -0.15) is 0 Å². The van der Waals surface area contributed by atoms with Crippen LogP contribution in [0.3, 0.4) is 0 Å². The maximum atomic E-state index is 13.9. The minimum atomic E-state index is -1.37. The molecule has 46 heavy (non-hydrogen) atoms. The van der Waals surface area contributed by atoms with Crippen LogP contribution in [0.5, 0.6) is 0 Å². The van der Waals surface area contributed by atoms with Crippen LogP contribution in [0.4, 0.5) is 20.2 Å². The Hall–Kier alpha value is -5.33. The van der Waals surface area contributed by atoms with E-state index in [4.69, 9.17) is 5.73 Å². The van der Waals surface area contributed by atoms with Crippen LogP contribution < -0.4 is 32.3 Å². The van der Waals surface area contributed by atoms with Crippen molar-refractivity contribution in [3.8, 4) is 0 Å². The first kappa shape index (κ1) is 35.2. The molecule has 0 heterocycles. The van der Waals surface area contributed by atoms with Crippen molar-refractivity contribution in [2.24, 2.45) is 5.41 Å². The van der Waals surface area contributed by atoms with Crippen molar-refractivity contribution >= 4 is 40.9 Å². The van der Waals surface area contributed by atoms with Gasteiger partial charge in [0.15, 0.2) is 0 Å². The lowest BCUT2D eigenvalue weighted by Gasteiger charge is -2.23. The Balaban J connectivity index is 1.67. The average Bonchev–Trinajstić information content (AvgIpc) is 2.99. The van der Waals surface area contributed by atoms with Gasteiger partial charge in [0.1, 0.15) is 23.7 Å². The number of halogens is 2. The van der Waals surface area contributed by atoms with Gasteiger partial charge in [-0.1, -0.05) is 39.0 Å². The molecule has 5 amide bonds. The van der Waals surface area contributed by atoms with Gasteiger partial charge < -0.3 is 32.3 Å². The lowest BCUT2D eigenvalue weighted by Crippen LogP contribution is -2.54. The van der Waals surface area contributed by atoms with E-state index in [1.165, 1.54) is 37.3 Å². The normalized spacial score (nSPS) is 12.3. The fourth-order valence-corrected chi connectivity index (χ4v) is 4.03. The van der Waals surface area contributed by atoms with Gasteiger partial charge in [-0.15, -0.1) is 0 Å². The molecule has 3 aromatic carbocycles. The summed E-state index contributed by atoms with van der Waals surface area (Å²) < 4.78 is 27.1. The largest absolute Gasteiger partial charge is 0.397 e. The molecule has 7 N–H and O–H groups in total. The summed E-state index contributed by atoms with van der Waals surface area (Å²) in [5.41, 5.74) is 6.84. The van der Waals surface area contributed by atoms with Gasteiger partial charge >= 0.3 is 0 Å². The van der Waals surface area contributed by atoms with Crippen LogP contribution >= 0.6 is 0 Å². The molecule has 244 valence electrons. The third-order valence-electron chi connectivity index (χ3n) is 6.67. The number of anilines is 2. The van der Waals surface area contributed by atoms with Gasteiger partial charge in [-0.05, 0) is 54.8 Å². The fourth-order valence-electron chi connectivity index (χ4n) is 4.03. The molecule has 2 atom stereocenters. The van der Waals surface area contributed by atoms with Crippen LogP contribution in [0.2, 0.25) is 0 Å². The number of hydrogen-bond acceptors (Lipinski definition) is 6. The van der Waals surface area contributed by atoms with E-state index in [-0.39, 0.29) is 28.7 Å². The second-order valence-electron chi connectivity index (χ2n) is 11.9. The molecular weight excluding hydrogens is 598 g/mol. The van der Waals surface area contributed by atoms with E-state index in [0.717, 1.165) is 6.07 Å². The maximum Gasteiger partial charge on any atom is 0.255 e. The number of nitrogen functional groups attached to an aromatic ring is 1. The van der Waals surface area contributed by atoms with E-state index < -0.39 is 59.7 Å². The zero-order chi connectivity index (χ0) is 34.0. The molecular formula is C33H38F2N6O5. The molecule has 0 saturated carbocycles. The zero-order valence-corrected chi connectivity index (χ0v) is 26.0. The smallest absolute Gasteiger partial charge is 0.255 e. The first-order valence-electron chi connectivity index (χ1n) is 14.5. The maximum absolute atomic E-state index is 13.9. The molecule has 3 aromatic rings. The minimum Gasteiger partial charge on any atom is -0.397 e.